The van der Waals surface area contributed by atoms with Gasteiger partial charge >= 0.3 is 0 Å². The van der Waals surface area contributed by atoms with Gasteiger partial charge in [-0.15, -0.1) is 0 Å². The average molecular weight is 616 g/mol. The first-order chi connectivity index (χ1) is 19.7. The van der Waals surface area contributed by atoms with Crippen LogP contribution in [0.3, 0.4) is 0 Å². The van der Waals surface area contributed by atoms with Crippen molar-refractivity contribution in [3.8, 4) is 11.5 Å². The van der Waals surface area contributed by atoms with Crippen molar-refractivity contribution in [2.75, 3.05) is 31.3 Å². The SMILES string of the molecule is COc1ccc(N(CC(=O)N(Cc2cccc(Cl)c2)[C@H](Cc2ccccc2)C(=O)NC(C)(C)C)S(C)(=O)=O)cc1OC. The lowest BCUT2D eigenvalue weighted by atomic mass is 10.0. The fourth-order valence-corrected chi connectivity index (χ4v) is 5.49. The van der Waals surface area contributed by atoms with E-state index in [1.807, 2.05) is 51.1 Å². The zero-order valence-electron chi connectivity index (χ0n) is 24.8. The van der Waals surface area contributed by atoms with E-state index in [0.29, 0.717) is 22.1 Å². The topological polar surface area (TPSA) is 105 Å². The summed E-state index contributed by atoms with van der Waals surface area (Å²) in [6, 6.07) is 20.0. The third-order valence-electron chi connectivity index (χ3n) is 6.35. The number of sulfonamides is 1. The van der Waals surface area contributed by atoms with E-state index in [9.17, 15) is 18.0 Å². The summed E-state index contributed by atoms with van der Waals surface area (Å²) in [5, 5.41) is 3.47. The maximum atomic E-state index is 14.2. The van der Waals surface area contributed by atoms with E-state index in [2.05, 4.69) is 5.32 Å². The molecule has 0 saturated heterocycles. The molecule has 2 amide bonds. The zero-order valence-corrected chi connectivity index (χ0v) is 26.3. The molecule has 42 heavy (non-hydrogen) atoms. The highest BCUT2D eigenvalue weighted by molar-refractivity contribution is 7.92. The maximum Gasteiger partial charge on any atom is 0.244 e. The Morgan fingerprint density at radius 2 is 1.55 bits per heavy atom. The van der Waals surface area contributed by atoms with Gasteiger partial charge in [-0.25, -0.2) is 8.42 Å². The van der Waals surface area contributed by atoms with Gasteiger partial charge in [-0.1, -0.05) is 54.1 Å². The molecule has 226 valence electrons. The number of methoxy groups -OCH3 is 2. The number of benzene rings is 3. The molecule has 0 aliphatic heterocycles. The van der Waals surface area contributed by atoms with Gasteiger partial charge in [-0.3, -0.25) is 13.9 Å². The minimum absolute atomic E-state index is 0.0258. The number of ether oxygens (including phenoxy) is 2. The highest BCUT2D eigenvalue weighted by Gasteiger charge is 2.34. The van der Waals surface area contributed by atoms with Gasteiger partial charge in [0.1, 0.15) is 12.6 Å². The van der Waals surface area contributed by atoms with Gasteiger partial charge in [0.25, 0.3) is 0 Å². The quantitative estimate of drug-likeness (QED) is 0.317. The van der Waals surface area contributed by atoms with Crippen LogP contribution >= 0.6 is 11.6 Å². The van der Waals surface area contributed by atoms with Gasteiger partial charge in [0.05, 0.1) is 26.2 Å². The summed E-state index contributed by atoms with van der Waals surface area (Å²) in [4.78, 5) is 29.4. The number of nitrogens with zero attached hydrogens (tertiary/aromatic N) is 2. The van der Waals surface area contributed by atoms with E-state index in [1.54, 1.807) is 30.3 Å². The number of anilines is 1. The summed E-state index contributed by atoms with van der Waals surface area (Å²) >= 11 is 6.25. The number of nitrogens with one attached hydrogen (secondary N) is 1. The monoisotopic (exact) mass is 615 g/mol. The highest BCUT2D eigenvalue weighted by atomic mass is 35.5. The number of carbonyl (C=O) groups excluding carboxylic acids is 2. The molecule has 0 aliphatic rings. The van der Waals surface area contributed by atoms with E-state index in [1.165, 1.54) is 31.3 Å². The second-order valence-electron chi connectivity index (χ2n) is 10.9. The molecule has 0 heterocycles. The summed E-state index contributed by atoms with van der Waals surface area (Å²) in [5.74, 6) is -0.220. The van der Waals surface area contributed by atoms with E-state index < -0.39 is 34.1 Å². The first-order valence-electron chi connectivity index (χ1n) is 13.3. The van der Waals surface area contributed by atoms with Crippen LogP contribution in [0.1, 0.15) is 31.9 Å². The molecule has 11 heteroatoms. The third kappa shape index (κ3) is 9.12. The molecule has 0 unspecified atom stereocenters. The summed E-state index contributed by atoms with van der Waals surface area (Å²) in [7, 11) is -1.03. The molecule has 0 bridgehead atoms. The minimum atomic E-state index is -3.94. The van der Waals surface area contributed by atoms with Crippen molar-refractivity contribution in [1.29, 1.82) is 0 Å². The largest absolute Gasteiger partial charge is 0.493 e. The number of halogens is 1. The Morgan fingerprint density at radius 3 is 2.12 bits per heavy atom. The average Bonchev–Trinajstić information content (AvgIpc) is 2.92. The van der Waals surface area contributed by atoms with Crippen LogP contribution in [-0.2, 0) is 32.6 Å². The summed E-state index contributed by atoms with van der Waals surface area (Å²) in [5.41, 5.74) is 1.17. The van der Waals surface area contributed by atoms with Crippen molar-refractivity contribution < 1.29 is 27.5 Å². The number of hydrogen-bond donors (Lipinski definition) is 1. The van der Waals surface area contributed by atoms with Crippen LogP contribution < -0.4 is 19.1 Å². The Kier molecular flexibility index (Phi) is 10.9. The van der Waals surface area contributed by atoms with Crippen molar-refractivity contribution in [3.05, 3.63) is 88.9 Å². The van der Waals surface area contributed by atoms with Gasteiger partial charge in [0.2, 0.25) is 21.8 Å². The first-order valence-corrected chi connectivity index (χ1v) is 15.5. The molecule has 0 saturated carbocycles. The van der Waals surface area contributed by atoms with E-state index >= 15 is 0 Å². The number of hydrogen-bond acceptors (Lipinski definition) is 6. The molecule has 9 nitrogen and oxygen atoms in total. The lowest BCUT2D eigenvalue weighted by Gasteiger charge is -2.35. The maximum absolute atomic E-state index is 14.2. The molecule has 1 N–H and O–H groups in total. The minimum Gasteiger partial charge on any atom is -0.493 e. The number of carbonyl (C=O) groups is 2. The molecule has 1 atom stereocenters. The molecular formula is C31H38ClN3O6S. The smallest absolute Gasteiger partial charge is 0.244 e. The Morgan fingerprint density at radius 1 is 0.905 bits per heavy atom. The fraction of sp³-hybridized carbons (Fsp3) is 0.355. The Labute approximate surface area is 253 Å². The molecule has 0 aromatic heterocycles. The van der Waals surface area contributed by atoms with Gasteiger partial charge in [-0.2, -0.15) is 0 Å². The summed E-state index contributed by atoms with van der Waals surface area (Å²) < 4.78 is 37.7. The molecule has 0 aliphatic carbocycles. The summed E-state index contributed by atoms with van der Waals surface area (Å²) in [6.45, 7) is 5.04. The van der Waals surface area contributed by atoms with Crippen LogP contribution in [0.5, 0.6) is 11.5 Å². The molecular weight excluding hydrogens is 578 g/mol. The zero-order chi connectivity index (χ0) is 31.1. The second kappa shape index (κ2) is 13.9. The Hall–Kier alpha value is -3.76. The standard InChI is InChI=1S/C31H38ClN3O6S/c1-31(2,3)33-30(37)26(18-22-11-8-7-9-12-22)34(20-23-13-10-14-24(32)17-23)29(36)21-35(42(6,38)39)25-15-16-27(40-4)28(19-25)41-5/h7-17,19,26H,18,20-21H2,1-6H3,(H,33,37)/t26-/m1/s1. The van der Waals surface area contributed by atoms with Crippen LogP contribution in [0, 0.1) is 0 Å². The van der Waals surface area contributed by atoms with Crippen molar-refractivity contribution >= 4 is 39.1 Å². The molecule has 0 spiro atoms. The van der Waals surface area contributed by atoms with Crippen LogP contribution in [0.4, 0.5) is 5.69 Å². The predicted molar refractivity (Wildman–Crippen MR) is 166 cm³/mol. The van der Waals surface area contributed by atoms with Gasteiger partial charge in [0, 0.05) is 29.6 Å². The highest BCUT2D eigenvalue weighted by Crippen LogP contribution is 2.32. The van der Waals surface area contributed by atoms with Crippen LogP contribution in [0.15, 0.2) is 72.8 Å². The fourth-order valence-electron chi connectivity index (χ4n) is 4.43. The molecule has 0 fully saturated rings. The van der Waals surface area contributed by atoms with Crippen molar-refractivity contribution in [3.63, 3.8) is 0 Å². The van der Waals surface area contributed by atoms with Gasteiger partial charge in [0.15, 0.2) is 11.5 Å². The summed E-state index contributed by atoms with van der Waals surface area (Å²) in [6.07, 6.45) is 1.23. The van der Waals surface area contributed by atoms with Crippen LogP contribution in [-0.4, -0.2) is 63.7 Å². The lowest BCUT2D eigenvalue weighted by Crippen LogP contribution is -2.56. The van der Waals surface area contributed by atoms with Gasteiger partial charge < -0.3 is 19.7 Å². The van der Waals surface area contributed by atoms with Crippen LogP contribution in [0.2, 0.25) is 5.02 Å². The van der Waals surface area contributed by atoms with Crippen molar-refractivity contribution in [1.82, 2.24) is 10.2 Å². The molecule has 3 aromatic carbocycles. The molecule has 0 radical (unpaired) electrons. The predicted octanol–water partition coefficient (Wildman–Crippen LogP) is 4.68. The van der Waals surface area contributed by atoms with Crippen LogP contribution in [0.25, 0.3) is 0 Å². The lowest BCUT2D eigenvalue weighted by molar-refractivity contribution is -0.140. The third-order valence-corrected chi connectivity index (χ3v) is 7.72. The Bertz CT molecular complexity index is 1490. The van der Waals surface area contributed by atoms with Crippen molar-refractivity contribution in [2.24, 2.45) is 0 Å². The van der Waals surface area contributed by atoms with E-state index in [0.717, 1.165) is 16.1 Å². The Balaban J connectivity index is 2.10. The first kappa shape index (κ1) is 32.8. The van der Waals surface area contributed by atoms with Gasteiger partial charge in [-0.05, 0) is 56.2 Å². The number of amides is 2. The molecule has 3 rings (SSSR count). The van der Waals surface area contributed by atoms with Crippen molar-refractivity contribution in [2.45, 2.75) is 45.3 Å². The van der Waals surface area contributed by atoms with E-state index in [4.69, 9.17) is 21.1 Å². The van der Waals surface area contributed by atoms with E-state index in [-0.39, 0.29) is 24.6 Å². The number of rotatable bonds is 12. The molecule has 3 aromatic rings. The normalized spacial score (nSPS) is 12.3. The second-order valence-corrected chi connectivity index (χ2v) is 13.2.